The Morgan fingerprint density at radius 2 is 1.67 bits per heavy atom. The van der Waals surface area contributed by atoms with Crippen molar-refractivity contribution in [3.05, 3.63) is 46.4 Å². The summed E-state index contributed by atoms with van der Waals surface area (Å²) in [4.78, 5) is 12.5. The van der Waals surface area contributed by atoms with Crippen molar-refractivity contribution in [2.24, 2.45) is 11.8 Å². The lowest BCUT2D eigenvalue weighted by Crippen LogP contribution is -2.32. The molecule has 0 saturated carbocycles. The summed E-state index contributed by atoms with van der Waals surface area (Å²) >= 11 is 0. The number of methoxy groups -OCH3 is 1. The van der Waals surface area contributed by atoms with Crippen molar-refractivity contribution in [2.45, 2.75) is 73.1 Å². The van der Waals surface area contributed by atoms with Gasteiger partial charge in [0.05, 0.1) is 12.8 Å². The first-order chi connectivity index (χ1) is 12.8. The Bertz CT molecular complexity index is 618. The van der Waals surface area contributed by atoms with Gasteiger partial charge in [-0.2, -0.15) is 0 Å². The van der Waals surface area contributed by atoms with Gasteiger partial charge in [0.1, 0.15) is 0 Å². The topological polar surface area (TPSA) is 38.3 Å². The van der Waals surface area contributed by atoms with Crippen molar-refractivity contribution < 1.29 is 9.53 Å². The molecule has 1 aliphatic rings. The number of hydrogen-bond acceptors (Lipinski definition) is 3. The van der Waals surface area contributed by atoms with Crippen LogP contribution in [0.3, 0.4) is 0 Å². The fourth-order valence-electron chi connectivity index (χ4n) is 3.52. The second kappa shape index (κ2) is 11.8. The third kappa shape index (κ3) is 7.78. The van der Waals surface area contributed by atoms with Crippen molar-refractivity contribution in [3.63, 3.8) is 0 Å². The second-order valence-corrected chi connectivity index (χ2v) is 8.07. The number of hydrogen-bond donors (Lipinski definition) is 1. The van der Waals surface area contributed by atoms with Gasteiger partial charge in [-0.3, -0.25) is 4.79 Å². The van der Waals surface area contributed by atoms with Crippen molar-refractivity contribution in [2.75, 3.05) is 14.2 Å². The Morgan fingerprint density at radius 3 is 2.22 bits per heavy atom. The summed E-state index contributed by atoms with van der Waals surface area (Å²) in [5, 5.41) is 3.15. The molecule has 1 aliphatic carbocycles. The van der Waals surface area contributed by atoms with E-state index in [0.717, 1.165) is 44.2 Å². The standard InChI is InChI=1S/C24H39NO2/c1-17(2)10-8-11-18(3)12-9-13-19(4)14-15-21-16-22(25-6)24(27-7)23(26)20(21)5/h10,12,14,20-21,25H,8-9,11,13,15-16H2,1-7H3/b18-12+,19-14+/t20?,21-/m1/s1. The van der Waals surface area contributed by atoms with E-state index in [2.05, 4.69) is 51.2 Å². The minimum Gasteiger partial charge on any atom is -0.491 e. The number of carbonyl (C=O) groups excluding carboxylic acids is 1. The van der Waals surface area contributed by atoms with Crippen molar-refractivity contribution in [1.29, 1.82) is 0 Å². The summed E-state index contributed by atoms with van der Waals surface area (Å²) in [7, 11) is 3.44. The van der Waals surface area contributed by atoms with Crippen LogP contribution in [0.4, 0.5) is 0 Å². The van der Waals surface area contributed by atoms with E-state index in [9.17, 15) is 4.79 Å². The van der Waals surface area contributed by atoms with Crippen LogP contribution in [0.2, 0.25) is 0 Å². The molecule has 3 heteroatoms. The molecule has 0 amide bonds. The Kier molecular flexibility index (Phi) is 10.2. The quantitative estimate of drug-likeness (QED) is 0.470. The maximum Gasteiger partial charge on any atom is 0.202 e. The van der Waals surface area contributed by atoms with Crippen LogP contribution in [0.15, 0.2) is 46.4 Å². The molecular weight excluding hydrogens is 334 g/mol. The fraction of sp³-hybridized carbons (Fsp3) is 0.625. The Balaban J connectivity index is 2.53. The smallest absolute Gasteiger partial charge is 0.202 e. The maximum atomic E-state index is 12.5. The molecule has 0 fully saturated rings. The van der Waals surface area contributed by atoms with Crippen molar-refractivity contribution in [1.82, 2.24) is 5.32 Å². The zero-order valence-electron chi connectivity index (χ0n) is 18.4. The van der Waals surface area contributed by atoms with E-state index in [4.69, 9.17) is 4.74 Å². The van der Waals surface area contributed by atoms with Crippen molar-refractivity contribution >= 4 is 5.78 Å². The van der Waals surface area contributed by atoms with Crippen LogP contribution in [0.5, 0.6) is 0 Å². The summed E-state index contributed by atoms with van der Waals surface area (Å²) in [5.74, 6) is 0.989. The predicted molar refractivity (Wildman–Crippen MR) is 115 cm³/mol. The molecule has 152 valence electrons. The van der Waals surface area contributed by atoms with E-state index in [1.165, 1.54) is 16.7 Å². The van der Waals surface area contributed by atoms with E-state index in [0.29, 0.717) is 11.7 Å². The van der Waals surface area contributed by atoms with E-state index < -0.39 is 0 Å². The zero-order valence-corrected chi connectivity index (χ0v) is 18.4. The monoisotopic (exact) mass is 373 g/mol. The summed E-state index contributed by atoms with van der Waals surface area (Å²) in [5.41, 5.74) is 5.22. The molecule has 0 aromatic carbocycles. The normalized spacial score (nSPS) is 21.4. The van der Waals surface area contributed by atoms with Crippen LogP contribution in [-0.2, 0) is 9.53 Å². The van der Waals surface area contributed by atoms with Gasteiger partial charge in [0.15, 0.2) is 5.76 Å². The average Bonchev–Trinajstić information content (AvgIpc) is 2.62. The minimum absolute atomic E-state index is 0.0123. The lowest BCUT2D eigenvalue weighted by molar-refractivity contribution is -0.124. The van der Waals surface area contributed by atoms with Crippen LogP contribution in [0.1, 0.15) is 73.1 Å². The van der Waals surface area contributed by atoms with E-state index in [1.54, 1.807) is 7.11 Å². The highest BCUT2D eigenvalue weighted by molar-refractivity contribution is 5.96. The molecule has 0 aliphatic heterocycles. The van der Waals surface area contributed by atoms with Crippen LogP contribution in [0, 0.1) is 11.8 Å². The van der Waals surface area contributed by atoms with Gasteiger partial charge in [-0.25, -0.2) is 0 Å². The Labute approximate surface area is 166 Å². The number of ketones is 1. The van der Waals surface area contributed by atoms with Gasteiger partial charge in [0.25, 0.3) is 0 Å². The predicted octanol–water partition coefficient (Wildman–Crippen LogP) is 6.10. The number of allylic oxidation sites excluding steroid dienone is 8. The van der Waals surface area contributed by atoms with Gasteiger partial charge in [0, 0.05) is 13.0 Å². The molecule has 0 heterocycles. The summed E-state index contributed by atoms with van der Waals surface area (Å²) < 4.78 is 5.31. The number of Topliss-reactive ketones (excluding diaryl/α,β-unsaturated/α-hetero) is 1. The molecule has 0 aromatic rings. The lowest BCUT2D eigenvalue weighted by Gasteiger charge is -2.30. The Morgan fingerprint density at radius 1 is 1.07 bits per heavy atom. The SMILES string of the molecule is CNC1=C(OC)C(=O)C(C)[C@H](C/C=C(\C)CC/C=C(\C)CCC=C(C)C)C1. The number of carbonyl (C=O) groups is 1. The molecule has 2 atom stereocenters. The number of rotatable bonds is 10. The zero-order chi connectivity index (χ0) is 20.4. The van der Waals surface area contributed by atoms with Crippen LogP contribution in [0.25, 0.3) is 0 Å². The van der Waals surface area contributed by atoms with Crippen LogP contribution < -0.4 is 5.32 Å². The maximum absolute atomic E-state index is 12.5. The van der Waals surface area contributed by atoms with E-state index >= 15 is 0 Å². The third-order valence-electron chi connectivity index (χ3n) is 5.48. The number of nitrogens with one attached hydrogen (secondary N) is 1. The minimum atomic E-state index is 0.0123. The van der Waals surface area contributed by atoms with Gasteiger partial charge in [-0.1, -0.05) is 41.9 Å². The van der Waals surface area contributed by atoms with Gasteiger partial charge in [-0.05, 0) is 72.1 Å². The molecule has 1 N–H and O–H groups in total. The number of ether oxygens (including phenoxy) is 1. The summed E-state index contributed by atoms with van der Waals surface area (Å²) in [6.07, 6.45) is 13.3. The molecular formula is C24H39NO2. The van der Waals surface area contributed by atoms with Gasteiger partial charge >= 0.3 is 0 Å². The molecule has 0 aromatic heterocycles. The molecule has 1 unspecified atom stereocenters. The Hall–Kier alpha value is -1.77. The van der Waals surface area contributed by atoms with Crippen LogP contribution in [-0.4, -0.2) is 19.9 Å². The van der Waals surface area contributed by atoms with Crippen LogP contribution >= 0.6 is 0 Å². The molecule has 0 bridgehead atoms. The highest BCUT2D eigenvalue weighted by Gasteiger charge is 2.34. The fourth-order valence-corrected chi connectivity index (χ4v) is 3.52. The molecule has 27 heavy (non-hydrogen) atoms. The second-order valence-electron chi connectivity index (χ2n) is 8.07. The molecule has 1 rings (SSSR count). The highest BCUT2D eigenvalue weighted by atomic mass is 16.5. The first-order valence-electron chi connectivity index (χ1n) is 10.2. The molecule has 0 spiro atoms. The van der Waals surface area contributed by atoms with Gasteiger partial charge in [-0.15, -0.1) is 0 Å². The first kappa shape index (κ1) is 23.3. The lowest BCUT2D eigenvalue weighted by atomic mass is 9.78. The summed E-state index contributed by atoms with van der Waals surface area (Å²) in [6.45, 7) is 10.8. The van der Waals surface area contributed by atoms with E-state index in [1.807, 2.05) is 14.0 Å². The first-order valence-corrected chi connectivity index (χ1v) is 10.2. The molecule has 3 nitrogen and oxygen atoms in total. The highest BCUT2D eigenvalue weighted by Crippen LogP contribution is 2.33. The third-order valence-corrected chi connectivity index (χ3v) is 5.48. The molecule has 0 radical (unpaired) electrons. The average molecular weight is 374 g/mol. The van der Waals surface area contributed by atoms with Crippen molar-refractivity contribution in [3.8, 4) is 0 Å². The van der Waals surface area contributed by atoms with Gasteiger partial charge < -0.3 is 10.1 Å². The molecule has 0 saturated heterocycles. The van der Waals surface area contributed by atoms with E-state index in [-0.39, 0.29) is 11.7 Å². The summed E-state index contributed by atoms with van der Waals surface area (Å²) in [6, 6.07) is 0. The largest absolute Gasteiger partial charge is 0.491 e. The van der Waals surface area contributed by atoms with Gasteiger partial charge in [0.2, 0.25) is 5.78 Å².